The highest BCUT2D eigenvalue weighted by Gasteiger charge is 2.42. The molecule has 9 heteroatoms. The molecular formula is C22H27N7O2. The summed E-state index contributed by atoms with van der Waals surface area (Å²) in [5, 5.41) is 8.49. The van der Waals surface area contributed by atoms with Gasteiger partial charge in [0, 0.05) is 55.3 Å². The minimum atomic E-state index is 0.157. The van der Waals surface area contributed by atoms with Gasteiger partial charge in [0.25, 0.3) is 0 Å². The SMILES string of the molecule is Cc1cc(C)n(-c2cc(N3CC4CN(C(=O)Cc5c(C)noc5C)CC4C3)ncn2)n1. The number of rotatable bonds is 4. The maximum absolute atomic E-state index is 12.8. The number of hydrogen-bond acceptors (Lipinski definition) is 7. The van der Waals surface area contributed by atoms with Crippen LogP contribution in [0.2, 0.25) is 0 Å². The number of likely N-dealkylation sites (tertiary alicyclic amines) is 1. The molecule has 5 rings (SSSR count). The number of fused-ring (bicyclic) bond motifs is 1. The average Bonchev–Trinajstić information content (AvgIpc) is 3.48. The van der Waals surface area contributed by atoms with Crippen LogP contribution in [0.5, 0.6) is 0 Å². The zero-order chi connectivity index (χ0) is 21.7. The van der Waals surface area contributed by atoms with Gasteiger partial charge in [0.15, 0.2) is 5.82 Å². The molecule has 162 valence electrons. The van der Waals surface area contributed by atoms with Crippen LogP contribution in [-0.2, 0) is 11.2 Å². The Hall–Kier alpha value is -3.23. The third kappa shape index (κ3) is 3.58. The fraction of sp³-hybridized carbons (Fsp3) is 0.500. The molecule has 0 bridgehead atoms. The summed E-state index contributed by atoms with van der Waals surface area (Å²) in [5.74, 6) is 3.51. The van der Waals surface area contributed by atoms with E-state index in [9.17, 15) is 4.79 Å². The van der Waals surface area contributed by atoms with Gasteiger partial charge in [0.05, 0.1) is 17.8 Å². The highest BCUT2D eigenvalue weighted by molar-refractivity contribution is 5.79. The van der Waals surface area contributed by atoms with Gasteiger partial charge in [-0.15, -0.1) is 0 Å². The van der Waals surface area contributed by atoms with E-state index in [4.69, 9.17) is 4.52 Å². The summed E-state index contributed by atoms with van der Waals surface area (Å²) < 4.78 is 7.05. The number of amides is 1. The molecule has 0 spiro atoms. The molecule has 2 fully saturated rings. The standard InChI is InChI=1S/C22H27N7O2/c1-13-5-14(2)29(25-13)21-7-20(23-12-24-21)27-8-17-10-28(11-18(17)9-27)22(30)6-19-15(3)26-31-16(19)4/h5,7,12,17-18H,6,8-11H2,1-4H3. The fourth-order valence-electron chi connectivity index (χ4n) is 4.89. The van der Waals surface area contributed by atoms with Crippen molar-refractivity contribution in [1.29, 1.82) is 0 Å². The fourth-order valence-corrected chi connectivity index (χ4v) is 4.89. The van der Waals surface area contributed by atoms with E-state index < -0.39 is 0 Å². The van der Waals surface area contributed by atoms with Crippen LogP contribution >= 0.6 is 0 Å². The molecule has 3 aromatic heterocycles. The van der Waals surface area contributed by atoms with Gasteiger partial charge in [-0.1, -0.05) is 5.16 Å². The van der Waals surface area contributed by atoms with Crippen molar-refractivity contribution in [2.75, 3.05) is 31.1 Å². The van der Waals surface area contributed by atoms with E-state index in [1.807, 2.05) is 49.4 Å². The van der Waals surface area contributed by atoms with Gasteiger partial charge in [-0.2, -0.15) is 5.10 Å². The largest absolute Gasteiger partial charge is 0.361 e. The molecule has 2 saturated heterocycles. The molecule has 0 radical (unpaired) electrons. The minimum Gasteiger partial charge on any atom is -0.361 e. The predicted molar refractivity (Wildman–Crippen MR) is 114 cm³/mol. The summed E-state index contributed by atoms with van der Waals surface area (Å²) in [7, 11) is 0. The van der Waals surface area contributed by atoms with Crippen LogP contribution in [0.25, 0.3) is 5.82 Å². The van der Waals surface area contributed by atoms with E-state index in [0.717, 1.165) is 66.2 Å². The zero-order valence-electron chi connectivity index (χ0n) is 18.4. The Morgan fingerprint density at radius 1 is 1.03 bits per heavy atom. The maximum Gasteiger partial charge on any atom is 0.227 e. The zero-order valence-corrected chi connectivity index (χ0v) is 18.4. The van der Waals surface area contributed by atoms with Gasteiger partial charge in [0.1, 0.15) is 17.9 Å². The summed E-state index contributed by atoms with van der Waals surface area (Å²) in [6.45, 7) is 11.1. The van der Waals surface area contributed by atoms with E-state index in [1.165, 1.54) is 0 Å². The molecular weight excluding hydrogens is 394 g/mol. The number of carbonyl (C=O) groups excluding carboxylic acids is 1. The molecule has 0 saturated carbocycles. The van der Waals surface area contributed by atoms with Crippen molar-refractivity contribution in [2.24, 2.45) is 11.8 Å². The molecule has 0 aliphatic carbocycles. The number of aryl methyl sites for hydroxylation is 4. The third-order valence-corrected chi connectivity index (χ3v) is 6.54. The quantitative estimate of drug-likeness (QED) is 0.636. The lowest BCUT2D eigenvalue weighted by atomic mass is 10.0. The van der Waals surface area contributed by atoms with Gasteiger partial charge >= 0.3 is 0 Å². The van der Waals surface area contributed by atoms with Crippen LogP contribution in [0, 0.1) is 39.5 Å². The highest BCUT2D eigenvalue weighted by atomic mass is 16.5. The summed E-state index contributed by atoms with van der Waals surface area (Å²) in [5.41, 5.74) is 3.74. The van der Waals surface area contributed by atoms with Crippen LogP contribution in [0.3, 0.4) is 0 Å². The normalized spacial score (nSPS) is 20.5. The van der Waals surface area contributed by atoms with Crippen LogP contribution in [-0.4, -0.2) is 61.9 Å². The van der Waals surface area contributed by atoms with Gasteiger partial charge in [-0.25, -0.2) is 14.6 Å². The average molecular weight is 422 g/mol. The first-order valence-electron chi connectivity index (χ1n) is 10.7. The Balaban J connectivity index is 1.25. The van der Waals surface area contributed by atoms with E-state index in [0.29, 0.717) is 18.3 Å². The molecule has 2 unspecified atom stereocenters. The third-order valence-electron chi connectivity index (χ3n) is 6.54. The van der Waals surface area contributed by atoms with E-state index in [1.54, 1.807) is 6.33 Å². The van der Waals surface area contributed by atoms with E-state index in [-0.39, 0.29) is 5.91 Å². The van der Waals surface area contributed by atoms with Crippen molar-refractivity contribution in [2.45, 2.75) is 34.1 Å². The van der Waals surface area contributed by atoms with Crippen molar-refractivity contribution in [1.82, 2.24) is 29.8 Å². The van der Waals surface area contributed by atoms with E-state index in [2.05, 4.69) is 25.1 Å². The lowest BCUT2D eigenvalue weighted by Gasteiger charge is -2.22. The summed E-state index contributed by atoms with van der Waals surface area (Å²) >= 11 is 0. The first-order valence-corrected chi connectivity index (χ1v) is 10.7. The molecule has 0 N–H and O–H groups in total. The smallest absolute Gasteiger partial charge is 0.227 e. The molecule has 2 aliphatic rings. The Morgan fingerprint density at radius 3 is 2.35 bits per heavy atom. The van der Waals surface area contributed by atoms with Crippen molar-refractivity contribution < 1.29 is 9.32 Å². The molecule has 5 heterocycles. The van der Waals surface area contributed by atoms with Crippen LogP contribution < -0.4 is 4.90 Å². The number of hydrogen-bond donors (Lipinski definition) is 0. The predicted octanol–water partition coefficient (Wildman–Crippen LogP) is 2.02. The topological polar surface area (TPSA) is 93.2 Å². The highest BCUT2D eigenvalue weighted by Crippen LogP contribution is 2.34. The molecule has 3 aromatic rings. The molecule has 0 aromatic carbocycles. The molecule has 2 aliphatic heterocycles. The Morgan fingerprint density at radius 2 is 1.74 bits per heavy atom. The second-order valence-electron chi connectivity index (χ2n) is 8.78. The summed E-state index contributed by atoms with van der Waals surface area (Å²) in [6, 6.07) is 4.04. The van der Waals surface area contributed by atoms with Gasteiger partial charge in [0.2, 0.25) is 5.91 Å². The lowest BCUT2D eigenvalue weighted by molar-refractivity contribution is -0.129. The van der Waals surface area contributed by atoms with Crippen molar-refractivity contribution >= 4 is 11.7 Å². The van der Waals surface area contributed by atoms with Crippen LogP contribution in [0.1, 0.15) is 28.4 Å². The monoisotopic (exact) mass is 421 g/mol. The van der Waals surface area contributed by atoms with Crippen molar-refractivity contribution in [3.05, 3.63) is 46.9 Å². The van der Waals surface area contributed by atoms with Gasteiger partial charge in [-0.3, -0.25) is 4.79 Å². The molecule has 2 atom stereocenters. The first kappa shape index (κ1) is 19.7. The lowest BCUT2D eigenvalue weighted by Crippen LogP contribution is -2.34. The molecule has 1 amide bonds. The first-order chi connectivity index (χ1) is 14.9. The minimum absolute atomic E-state index is 0.157. The maximum atomic E-state index is 12.8. The number of nitrogens with zero attached hydrogens (tertiary/aromatic N) is 7. The van der Waals surface area contributed by atoms with Crippen molar-refractivity contribution in [3.8, 4) is 5.82 Å². The van der Waals surface area contributed by atoms with Crippen LogP contribution in [0.4, 0.5) is 5.82 Å². The number of aromatic nitrogens is 5. The van der Waals surface area contributed by atoms with E-state index >= 15 is 0 Å². The Bertz CT molecular complexity index is 1100. The molecule has 31 heavy (non-hydrogen) atoms. The summed E-state index contributed by atoms with van der Waals surface area (Å²) in [6.07, 6.45) is 1.97. The Kier molecular flexibility index (Phi) is 4.75. The molecule has 9 nitrogen and oxygen atoms in total. The van der Waals surface area contributed by atoms with Crippen LogP contribution in [0.15, 0.2) is 23.0 Å². The second-order valence-corrected chi connectivity index (χ2v) is 8.78. The number of anilines is 1. The van der Waals surface area contributed by atoms with Gasteiger partial charge in [-0.05, 0) is 33.8 Å². The van der Waals surface area contributed by atoms with Gasteiger partial charge < -0.3 is 14.3 Å². The second kappa shape index (κ2) is 7.47. The van der Waals surface area contributed by atoms with Crippen molar-refractivity contribution in [3.63, 3.8) is 0 Å². The number of carbonyl (C=O) groups is 1. The summed E-state index contributed by atoms with van der Waals surface area (Å²) in [4.78, 5) is 26.1. The Labute approximate surface area is 181 Å².